The van der Waals surface area contributed by atoms with E-state index in [1.54, 1.807) is 13.2 Å². The van der Waals surface area contributed by atoms with Gasteiger partial charge in [-0.25, -0.2) is 4.98 Å². The molecule has 122 valence electrons. The molecule has 3 rings (SSSR count). The number of amides is 1. The number of aryl methyl sites for hydroxylation is 2. The highest BCUT2D eigenvalue weighted by Gasteiger charge is 2.37. The second-order valence-corrected chi connectivity index (χ2v) is 5.97. The Kier molecular flexibility index (Phi) is 4.23. The fourth-order valence-corrected chi connectivity index (χ4v) is 2.99. The van der Waals surface area contributed by atoms with E-state index in [0.717, 1.165) is 5.82 Å². The number of anilines is 1. The molecule has 0 aliphatic carbocycles. The van der Waals surface area contributed by atoms with Crippen LogP contribution in [-0.4, -0.2) is 26.6 Å². The molecule has 0 saturated carbocycles. The highest BCUT2D eigenvalue weighted by Crippen LogP contribution is 2.34. The molecule has 0 unspecified atom stereocenters. The third-order valence-corrected chi connectivity index (χ3v) is 4.22. The van der Waals surface area contributed by atoms with Gasteiger partial charge in [-0.3, -0.25) is 9.59 Å². The van der Waals surface area contributed by atoms with Crippen molar-refractivity contribution in [1.82, 2.24) is 14.1 Å². The predicted molar refractivity (Wildman–Crippen MR) is 85.3 cm³/mol. The first-order chi connectivity index (χ1) is 11.0. The Labute approximate surface area is 137 Å². The fourth-order valence-electron chi connectivity index (χ4n) is 2.74. The Morgan fingerprint density at radius 1 is 1.43 bits per heavy atom. The molecule has 8 heteroatoms. The Bertz CT molecular complexity index is 772. The Morgan fingerprint density at radius 2 is 2.22 bits per heavy atom. The van der Waals surface area contributed by atoms with Crippen LogP contribution in [0.5, 0.6) is 0 Å². The number of carbonyl (C=O) groups is 1. The van der Waals surface area contributed by atoms with Gasteiger partial charge in [0.2, 0.25) is 5.91 Å². The summed E-state index contributed by atoms with van der Waals surface area (Å²) in [6, 6.07) is 1.45. The van der Waals surface area contributed by atoms with Crippen LogP contribution in [0.3, 0.4) is 0 Å². The van der Waals surface area contributed by atoms with Gasteiger partial charge in [-0.1, -0.05) is 11.6 Å². The van der Waals surface area contributed by atoms with Gasteiger partial charge in [0.15, 0.2) is 0 Å². The molecular weight excluding hydrogens is 320 g/mol. The van der Waals surface area contributed by atoms with Gasteiger partial charge in [0.25, 0.3) is 5.56 Å². The van der Waals surface area contributed by atoms with E-state index >= 15 is 0 Å². The number of ether oxygens (including phenoxy) is 1. The highest BCUT2D eigenvalue weighted by molar-refractivity contribution is 6.30. The van der Waals surface area contributed by atoms with Crippen molar-refractivity contribution in [3.63, 3.8) is 0 Å². The molecule has 3 heterocycles. The number of nitrogens with one attached hydrogen (secondary N) is 1. The zero-order chi connectivity index (χ0) is 16.6. The molecule has 1 saturated heterocycles. The largest absolute Gasteiger partial charge is 0.369 e. The molecule has 0 spiro atoms. The van der Waals surface area contributed by atoms with E-state index in [-0.39, 0.29) is 28.5 Å². The van der Waals surface area contributed by atoms with E-state index in [4.69, 9.17) is 16.3 Å². The van der Waals surface area contributed by atoms with Gasteiger partial charge in [-0.2, -0.15) is 0 Å². The minimum atomic E-state index is -0.377. The highest BCUT2D eigenvalue weighted by atomic mass is 35.5. The molecule has 1 fully saturated rings. The number of nitrogens with zero attached hydrogens (tertiary/aromatic N) is 3. The summed E-state index contributed by atoms with van der Waals surface area (Å²) in [5.74, 6) is 0.207. The third-order valence-electron chi connectivity index (χ3n) is 3.95. The summed E-state index contributed by atoms with van der Waals surface area (Å²) in [5, 5.41) is 2.87. The molecule has 2 aromatic heterocycles. The fraction of sp³-hybridized carbons (Fsp3) is 0.400. The maximum Gasteiger partial charge on any atom is 0.269 e. The third kappa shape index (κ3) is 3.02. The summed E-state index contributed by atoms with van der Waals surface area (Å²) in [6.07, 6.45) is 5.27. The van der Waals surface area contributed by atoms with Crippen molar-refractivity contribution in [3.8, 4) is 0 Å². The van der Waals surface area contributed by atoms with Gasteiger partial charge in [0, 0.05) is 39.3 Å². The minimum absolute atomic E-state index is 0.0635. The summed E-state index contributed by atoms with van der Waals surface area (Å²) >= 11 is 5.87. The van der Waals surface area contributed by atoms with Crippen molar-refractivity contribution in [2.45, 2.75) is 12.5 Å². The smallest absolute Gasteiger partial charge is 0.269 e. The molecule has 7 nitrogen and oxygen atoms in total. The monoisotopic (exact) mass is 336 g/mol. The van der Waals surface area contributed by atoms with Crippen LogP contribution < -0.4 is 10.9 Å². The van der Waals surface area contributed by atoms with Crippen molar-refractivity contribution in [3.05, 3.63) is 45.9 Å². The van der Waals surface area contributed by atoms with E-state index in [0.29, 0.717) is 18.7 Å². The number of aromatic nitrogens is 3. The zero-order valence-electron chi connectivity index (χ0n) is 12.8. The summed E-state index contributed by atoms with van der Waals surface area (Å²) in [7, 11) is 3.45. The molecule has 0 bridgehead atoms. The number of pyridine rings is 1. The quantitative estimate of drug-likeness (QED) is 0.921. The Morgan fingerprint density at radius 3 is 2.87 bits per heavy atom. The van der Waals surface area contributed by atoms with Gasteiger partial charge in [0.1, 0.15) is 17.0 Å². The molecule has 23 heavy (non-hydrogen) atoms. The zero-order valence-corrected chi connectivity index (χ0v) is 13.6. The lowest BCUT2D eigenvalue weighted by molar-refractivity contribution is -0.121. The van der Waals surface area contributed by atoms with Crippen LogP contribution in [0, 0.1) is 5.92 Å². The molecule has 2 atom stereocenters. The molecule has 1 N–H and O–H groups in total. The lowest BCUT2D eigenvalue weighted by Crippen LogP contribution is -2.27. The summed E-state index contributed by atoms with van der Waals surface area (Å²) < 4.78 is 8.87. The standard InChI is InChI=1S/C15H17ClN4O3/c1-19-5-4-17-13(19)12-10(3-6-23-12)14(21)18-9-7-11(16)15(22)20(2)8-9/h4-5,7-8,10,12H,3,6H2,1-2H3,(H,18,21)/t10-,12-/m1/s1. The van der Waals surface area contributed by atoms with Gasteiger partial charge in [-0.15, -0.1) is 0 Å². The lowest BCUT2D eigenvalue weighted by Gasteiger charge is -2.18. The second-order valence-electron chi connectivity index (χ2n) is 5.56. The SMILES string of the molecule is Cn1ccnc1[C@@H]1OCC[C@H]1C(=O)Nc1cc(Cl)c(=O)n(C)c1. The molecular formula is C15H17ClN4O3. The molecule has 0 radical (unpaired) electrons. The van der Waals surface area contributed by atoms with E-state index in [2.05, 4.69) is 10.3 Å². The van der Waals surface area contributed by atoms with Gasteiger partial charge in [0.05, 0.1) is 11.6 Å². The van der Waals surface area contributed by atoms with Crippen LogP contribution in [0.1, 0.15) is 18.3 Å². The van der Waals surface area contributed by atoms with Crippen molar-refractivity contribution in [2.24, 2.45) is 20.0 Å². The van der Waals surface area contributed by atoms with Gasteiger partial charge < -0.3 is 19.2 Å². The van der Waals surface area contributed by atoms with E-state index < -0.39 is 0 Å². The number of carbonyl (C=O) groups excluding carboxylic acids is 1. The predicted octanol–water partition coefficient (Wildman–Crippen LogP) is 1.49. The number of rotatable bonds is 3. The average molecular weight is 337 g/mol. The van der Waals surface area contributed by atoms with E-state index in [9.17, 15) is 9.59 Å². The van der Waals surface area contributed by atoms with Crippen LogP contribution >= 0.6 is 11.6 Å². The van der Waals surface area contributed by atoms with Crippen molar-refractivity contribution in [1.29, 1.82) is 0 Å². The molecule has 1 aliphatic heterocycles. The summed E-state index contributed by atoms with van der Waals surface area (Å²) in [6.45, 7) is 0.504. The molecule has 0 aromatic carbocycles. The van der Waals surface area contributed by atoms with Crippen LogP contribution in [0.25, 0.3) is 0 Å². The van der Waals surface area contributed by atoms with E-state index in [1.165, 1.54) is 16.8 Å². The summed E-state index contributed by atoms with van der Waals surface area (Å²) in [4.78, 5) is 28.4. The van der Waals surface area contributed by atoms with Crippen molar-refractivity contribution in [2.75, 3.05) is 11.9 Å². The van der Waals surface area contributed by atoms with Crippen LogP contribution in [0.2, 0.25) is 5.02 Å². The first-order valence-electron chi connectivity index (χ1n) is 7.23. The number of halogens is 1. The maximum absolute atomic E-state index is 12.6. The Balaban J connectivity index is 1.80. The lowest BCUT2D eigenvalue weighted by atomic mass is 9.99. The van der Waals surface area contributed by atoms with E-state index in [1.807, 2.05) is 17.8 Å². The van der Waals surface area contributed by atoms with Crippen LogP contribution in [-0.2, 0) is 23.6 Å². The topological polar surface area (TPSA) is 78.2 Å². The van der Waals surface area contributed by atoms with Crippen LogP contribution in [0.4, 0.5) is 5.69 Å². The number of hydrogen-bond acceptors (Lipinski definition) is 4. The first kappa shape index (κ1) is 15.8. The van der Waals surface area contributed by atoms with Crippen molar-refractivity contribution >= 4 is 23.2 Å². The summed E-state index contributed by atoms with van der Waals surface area (Å²) in [5.41, 5.74) is 0.173. The normalized spacial score (nSPS) is 20.7. The second kappa shape index (κ2) is 6.17. The first-order valence-corrected chi connectivity index (χ1v) is 7.61. The Hall–Kier alpha value is -2.12. The minimum Gasteiger partial charge on any atom is -0.369 e. The number of imidazole rings is 1. The average Bonchev–Trinajstić information content (AvgIpc) is 3.12. The molecule has 1 aliphatic rings. The maximum atomic E-state index is 12.6. The van der Waals surface area contributed by atoms with Crippen LogP contribution in [0.15, 0.2) is 29.5 Å². The van der Waals surface area contributed by atoms with Crippen molar-refractivity contribution < 1.29 is 9.53 Å². The van der Waals surface area contributed by atoms with Gasteiger partial charge in [-0.05, 0) is 12.5 Å². The van der Waals surface area contributed by atoms with Gasteiger partial charge >= 0.3 is 0 Å². The molecule has 2 aromatic rings. The number of hydrogen-bond donors (Lipinski definition) is 1. The molecule has 1 amide bonds.